The maximum atomic E-state index is 2.38. The van der Waals surface area contributed by atoms with Crippen LogP contribution in [0.4, 0.5) is 0 Å². The molecule has 1 aromatic carbocycles. The first kappa shape index (κ1) is 14.3. The number of hydrogen-bond acceptors (Lipinski definition) is 0. The van der Waals surface area contributed by atoms with E-state index in [1.54, 1.807) is 0 Å². The average molecular weight is 232 g/mol. The van der Waals surface area contributed by atoms with Crippen LogP contribution in [0, 0.1) is 12.8 Å². The number of rotatable bonds is 7. The molecule has 0 aromatic heterocycles. The van der Waals surface area contributed by atoms with Crippen molar-refractivity contribution in [3.05, 3.63) is 35.4 Å². The Morgan fingerprint density at radius 1 is 0.941 bits per heavy atom. The second-order valence-electron chi connectivity index (χ2n) is 5.49. The van der Waals surface area contributed by atoms with Crippen molar-refractivity contribution < 1.29 is 0 Å². The van der Waals surface area contributed by atoms with E-state index in [0.717, 1.165) is 5.92 Å². The number of aryl methyl sites for hydroxylation is 1. The Hall–Kier alpha value is -0.780. The highest BCUT2D eigenvalue weighted by Crippen LogP contribution is 2.28. The van der Waals surface area contributed by atoms with Gasteiger partial charge in [0, 0.05) is 0 Å². The van der Waals surface area contributed by atoms with Crippen molar-refractivity contribution in [1.29, 1.82) is 0 Å². The van der Waals surface area contributed by atoms with E-state index >= 15 is 0 Å². The van der Waals surface area contributed by atoms with E-state index in [9.17, 15) is 0 Å². The van der Waals surface area contributed by atoms with E-state index in [-0.39, 0.29) is 0 Å². The molecule has 1 rings (SSSR count). The second kappa shape index (κ2) is 7.53. The monoisotopic (exact) mass is 232 g/mol. The predicted molar refractivity (Wildman–Crippen MR) is 77.5 cm³/mol. The maximum absolute atomic E-state index is 2.38. The van der Waals surface area contributed by atoms with Gasteiger partial charge < -0.3 is 0 Å². The Kier molecular flexibility index (Phi) is 6.32. The zero-order chi connectivity index (χ0) is 12.7. The van der Waals surface area contributed by atoms with E-state index < -0.39 is 0 Å². The molecule has 0 heterocycles. The Morgan fingerprint density at radius 3 is 1.94 bits per heavy atom. The van der Waals surface area contributed by atoms with Gasteiger partial charge in [-0.05, 0) is 30.7 Å². The van der Waals surface area contributed by atoms with Gasteiger partial charge in [0.05, 0.1) is 0 Å². The van der Waals surface area contributed by atoms with Gasteiger partial charge in [0.1, 0.15) is 0 Å². The molecule has 0 saturated carbocycles. The van der Waals surface area contributed by atoms with Crippen molar-refractivity contribution in [3.63, 3.8) is 0 Å². The number of benzene rings is 1. The average Bonchev–Trinajstić information content (AvgIpc) is 2.30. The summed E-state index contributed by atoms with van der Waals surface area (Å²) in [6.45, 7) is 9.15. The van der Waals surface area contributed by atoms with Gasteiger partial charge in [0.25, 0.3) is 0 Å². The first-order valence-electron chi connectivity index (χ1n) is 7.23. The summed E-state index contributed by atoms with van der Waals surface area (Å²) in [6, 6.07) is 9.07. The van der Waals surface area contributed by atoms with E-state index in [1.807, 2.05) is 0 Å². The van der Waals surface area contributed by atoms with Crippen LogP contribution in [0.1, 0.15) is 69.9 Å². The lowest BCUT2D eigenvalue weighted by Gasteiger charge is -2.20. The molecule has 1 aromatic rings. The molecule has 1 atom stereocenters. The van der Waals surface area contributed by atoms with E-state index in [1.165, 1.54) is 43.2 Å². The Morgan fingerprint density at radius 2 is 1.47 bits per heavy atom. The zero-order valence-corrected chi connectivity index (χ0v) is 12.0. The van der Waals surface area contributed by atoms with Crippen molar-refractivity contribution in [1.82, 2.24) is 0 Å². The molecule has 96 valence electrons. The molecule has 0 spiro atoms. The lowest BCUT2D eigenvalue weighted by molar-refractivity contribution is 0.385. The van der Waals surface area contributed by atoms with Crippen molar-refractivity contribution in [2.24, 2.45) is 5.92 Å². The molecular weight excluding hydrogens is 204 g/mol. The van der Waals surface area contributed by atoms with Crippen LogP contribution in [-0.4, -0.2) is 0 Å². The van der Waals surface area contributed by atoms with Gasteiger partial charge >= 0.3 is 0 Å². The minimum Gasteiger partial charge on any atom is -0.0654 e. The SMILES string of the molecule is CCCC(CCC)CC(C)c1ccc(C)cc1. The summed E-state index contributed by atoms with van der Waals surface area (Å²) >= 11 is 0. The molecule has 0 N–H and O–H groups in total. The third-order valence-electron chi connectivity index (χ3n) is 3.73. The third kappa shape index (κ3) is 4.93. The highest BCUT2D eigenvalue weighted by atomic mass is 14.2. The Bertz CT molecular complexity index is 290. The van der Waals surface area contributed by atoms with Crippen LogP contribution < -0.4 is 0 Å². The summed E-state index contributed by atoms with van der Waals surface area (Å²) < 4.78 is 0. The van der Waals surface area contributed by atoms with Gasteiger partial charge in [-0.1, -0.05) is 76.3 Å². The standard InChI is InChI=1S/C17H28/c1-5-7-16(8-6-2)13-15(4)17-11-9-14(3)10-12-17/h9-12,15-16H,5-8,13H2,1-4H3. The van der Waals surface area contributed by atoms with Gasteiger partial charge in [0.2, 0.25) is 0 Å². The summed E-state index contributed by atoms with van der Waals surface area (Å²) in [6.07, 6.45) is 6.79. The molecule has 0 aliphatic rings. The van der Waals surface area contributed by atoms with Gasteiger partial charge in [-0.25, -0.2) is 0 Å². The van der Waals surface area contributed by atoms with Crippen LogP contribution in [-0.2, 0) is 0 Å². The fourth-order valence-corrected chi connectivity index (χ4v) is 2.73. The van der Waals surface area contributed by atoms with Crippen LogP contribution in [0.2, 0.25) is 0 Å². The van der Waals surface area contributed by atoms with E-state index in [4.69, 9.17) is 0 Å². The van der Waals surface area contributed by atoms with Crippen molar-refractivity contribution >= 4 is 0 Å². The van der Waals surface area contributed by atoms with Crippen molar-refractivity contribution in [2.75, 3.05) is 0 Å². The molecule has 0 aliphatic heterocycles. The summed E-state index contributed by atoms with van der Waals surface area (Å²) in [7, 11) is 0. The first-order valence-corrected chi connectivity index (χ1v) is 7.23. The summed E-state index contributed by atoms with van der Waals surface area (Å²) in [4.78, 5) is 0. The molecule has 0 fully saturated rings. The van der Waals surface area contributed by atoms with Gasteiger partial charge in [-0.15, -0.1) is 0 Å². The summed E-state index contributed by atoms with van der Waals surface area (Å²) in [5.74, 6) is 1.63. The van der Waals surface area contributed by atoms with Gasteiger partial charge in [-0.3, -0.25) is 0 Å². The summed E-state index contributed by atoms with van der Waals surface area (Å²) in [5, 5.41) is 0. The smallest absolute Gasteiger partial charge is 0.0188 e. The maximum Gasteiger partial charge on any atom is -0.0188 e. The van der Waals surface area contributed by atoms with Crippen LogP contribution in [0.3, 0.4) is 0 Å². The normalized spacial score (nSPS) is 13.0. The lowest BCUT2D eigenvalue weighted by atomic mass is 9.85. The zero-order valence-electron chi connectivity index (χ0n) is 12.0. The third-order valence-corrected chi connectivity index (χ3v) is 3.73. The molecule has 1 unspecified atom stereocenters. The van der Waals surface area contributed by atoms with Crippen LogP contribution in [0.15, 0.2) is 24.3 Å². The summed E-state index contributed by atoms with van der Waals surface area (Å²) in [5.41, 5.74) is 2.87. The largest absolute Gasteiger partial charge is 0.0654 e. The molecule has 0 heteroatoms. The molecule has 17 heavy (non-hydrogen) atoms. The van der Waals surface area contributed by atoms with Gasteiger partial charge in [0.15, 0.2) is 0 Å². The van der Waals surface area contributed by atoms with Crippen molar-refractivity contribution in [3.8, 4) is 0 Å². The first-order chi connectivity index (χ1) is 8.17. The molecule has 0 aliphatic carbocycles. The van der Waals surface area contributed by atoms with Crippen LogP contribution >= 0.6 is 0 Å². The Balaban J connectivity index is 2.56. The van der Waals surface area contributed by atoms with Crippen LogP contribution in [0.25, 0.3) is 0 Å². The fourth-order valence-electron chi connectivity index (χ4n) is 2.73. The fraction of sp³-hybridized carbons (Fsp3) is 0.647. The van der Waals surface area contributed by atoms with Crippen molar-refractivity contribution in [2.45, 2.75) is 65.7 Å². The molecule has 0 bridgehead atoms. The molecule has 0 saturated heterocycles. The highest BCUT2D eigenvalue weighted by Gasteiger charge is 2.13. The Labute approximate surface area is 107 Å². The van der Waals surface area contributed by atoms with Crippen LogP contribution in [0.5, 0.6) is 0 Å². The second-order valence-corrected chi connectivity index (χ2v) is 5.49. The minimum atomic E-state index is 0.707. The topological polar surface area (TPSA) is 0 Å². The minimum absolute atomic E-state index is 0.707. The number of hydrogen-bond donors (Lipinski definition) is 0. The van der Waals surface area contributed by atoms with E-state index in [2.05, 4.69) is 52.0 Å². The predicted octanol–water partition coefficient (Wildman–Crippen LogP) is 5.71. The highest BCUT2D eigenvalue weighted by molar-refractivity contribution is 5.24. The molecule has 0 radical (unpaired) electrons. The van der Waals surface area contributed by atoms with E-state index in [0.29, 0.717) is 5.92 Å². The molecule has 0 amide bonds. The molecular formula is C17H28. The lowest BCUT2D eigenvalue weighted by Crippen LogP contribution is -2.05. The quantitative estimate of drug-likeness (QED) is 0.565. The molecule has 0 nitrogen and oxygen atoms in total. The van der Waals surface area contributed by atoms with Gasteiger partial charge in [-0.2, -0.15) is 0 Å².